The van der Waals surface area contributed by atoms with Crippen LogP contribution in [0.3, 0.4) is 0 Å². The molecule has 4 nitrogen and oxygen atoms in total. The van der Waals surface area contributed by atoms with Crippen molar-refractivity contribution in [1.82, 2.24) is 4.98 Å². The summed E-state index contributed by atoms with van der Waals surface area (Å²) >= 11 is 0. The standard InChI is InChI=1S/C22H22FN3O/c1-14(2)17-9-6-7-15(3)21(17)26-20-12-11-16(13-24-20)25-22(27)18-8-4-5-10-19(18)23/h4-14H,1-3H3,(H,24,26)(H,25,27). The number of aromatic nitrogens is 1. The SMILES string of the molecule is Cc1cccc(C(C)C)c1Nc1ccc(NC(=O)c2ccccc2F)cn1. The molecule has 0 aliphatic heterocycles. The van der Waals surface area contributed by atoms with E-state index >= 15 is 0 Å². The molecule has 1 aromatic heterocycles. The number of carbonyl (C=O) groups is 1. The third-order valence-electron chi connectivity index (χ3n) is 4.32. The highest BCUT2D eigenvalue weighted by Gasteiger charge is 2.12. The van der Waals surface area contributed by atoms with Crippen LogP contribution < -0.4 is 10.6 Å². The van der Waals surface area contributed by atoms with Gasteiger partial charge in [0.2, 0.25) is 0 Å². The van der Waals surface area contributed by atoms with Crippen molar-refractivity contribution >= 4 is 23.1 Å². The molecule has 3 aromatic rings. The Balaban J connectivity index is 1.75. The largest absolute Gasteiger partial charge is 0.340 e. The van der Waals surface area contributed by atoms with Crippen molar-refractivity contribution in [2.45, 2.75) is 26.7 Å². The molecule has 1 heterocycles. The highest BCUT2D eigenvalue weighted by Crippen LogP contribution is 2.29. The number of hydrogen-bond acceptors (Lipinski definition) is 3. The Morgan fingerprint density at radius 2 is 1.81 bits per heavy atom. The minimum absolute atomic E-state index is 0.00110. The predicted octanol–water partition coefficient (Wildman–Crippen LogP) is 5.65. The van der Waals surface area contributed by atoms with Gasteiger partial charge in [-0.1, -0.05) is 44.2 Å². The number of hydrogen-bond donors (Lipinski definition) is 2. The summed E-state index contributed by atoms with van der Waals surface area (Å²) in [7, 11) is 0. The maximum Gasteiger partial charge on any atom is 0.258 e. The molecule has 1 amide bonds. The molecule has 0 fully saturated rings. The molecule has 0 bridgehead atoms. The quantitative estimate of drug-likeness (QED) is 0.616. The lowest BCUT2D eigenvalue weighted by molar-refractivity contribution is 0.102. The van der Waals surface area contributed by atoms with E-state index in [-0.39, 0.29) is 5.56 Å². The fourth-order valence-electron chi connectivity index (χ4n) is 2.86. The van der Waals surface area contributed by atoms with Gasteiger partial charge >= 0.3 is 0 Å². The number of aryl methyl sites for hydroxylation is 1. The molecule has 138 valence electrons. The average Bonchev–Trinajstić information content (AvgIpc) is 2.65. The van der Waals surface area contributed by atoms with Crippen molar-refractivity contribution in [3.63, 3.8) is 0 Å². The monoisotopic (exact) mass is 363 g/mol. The van der Waals surface area contributed by atoms with Crippen molar-refractivity contribution in [1.29, 1.82) is 0 Å². The van der Waals surface area contributed by atoms with Crippen LogP contribution in [0.4, 0.5) is 21.6 Å². The highest BCUT2D eigenvalue weighted by atomic mass is 19.1. The van der Waals surface area contributed by atoms with Crippen LogP contribution in [0.2, 0.25) is 0 Å². The van der Waals surface area contributed by atoms with E-state index in [1.165, 1.54) is 17.7 Å². The van der Waals surface area contributed by atoms with Crippen LogP contribution in [0.5, 0.6) is 0 Å². The van der Waals surface area contributed by atoms with Crippen LogP contribution in [0.15, 0.2) is 60.8 Å². The van der Waals surface area contributed by atoms with E-state index in [1.807, 2.05) is 6.07 Å². The highest BCUT2D eigenvalue weighted by molar-refractivity contribution is 6.04. The second kappa shape index (κ2) is 7.99. The topological polar surface area (TPSA) is 54.0 Å². The molecular formula is C22H22FN3O. The predicted molar refractivity (Wildman–Crippen MR) is 107 cm³/mol. The van der Waals surface area contributed by atoms with Crippen molar-refractivity contribution in [3.8, 4) is 0 Å². The van der Waals surface area contributed by atoms with Crippen LogP contribution in [-0.4, -0.2) is 10.9 Å². The first-order chi connectivity index (χ1) is 13.0. The van der Waals surface area contributed by atoms with Gasteiger partial charge in [-0.15, -0.1) is 0 Å². The summed E-state index contributed by atoms with van der Waals surface area (Å²) < 4.78 is 13.7. The van der Waals surface area contributed by atoms with Crippen LogP contribution in [0.25, 0.3) is 0 Å². The Kier molecular flexibility index (Phi) is 5.50. The molecule has 0 unspecified atom stereocenters. The number of rotatable bonds is 5. The van der Waals surface area contributed by atoms with Gasteiger partial charge in [0.25, 0.3) is 5.91 Å². The van der Waals surface area contributed by atoms with Crippen molar-refractivity contribution in [2.75, 3.05) is 10.6 Å². The second-order valence-corrected chi connectivity index (χ2v) is 6.68. The molecule has 2 N–H and O–H groups in total. The van der Waals surface area contributed by atoms with Gasteiger partial charge < -0.3 is 10.6 Å². The summed E-state index contributed by atoms with van der Waals surface area (Å²) in [6.07, 6.45) is 1.55. The minimum atomic E-state index is -0.554. The summed E-state index contributed by atoms with van der Waals surface area (Å²) in [5, 5.41) is 6.02. The first-order valence-electron chi connectivity index (χ1n) is 8.84. The normalized spacial score (nSPS) is 10.7. The van der Waals surface area contributed by atoms with E-state index in [2.05, 4.69) is 48.5 Å². The zero-order valence-electron chi connectivity index (χ0n) is 15.6. The number of benzene rings is 2. The molecule has 5 heteroatoms. The Labute approximate surface area is 158 Å². The van der Waals surface area contributed by atoms with E-state index in [1.54, 1.807) is 30.5 Å². The molecule has 3 rings (SSSR count). The van der Waals surface area contributed by atoms with Crippen molar-refractivity contribution < 1.29 is 9.18 Å². The number of halogens is 1. The first kappa shape index (κ1) is 18.6. The molecule has 2 aromatic carbocycles. The molecule has 0 atom stereocenters. The van der Waals surface area contributed by atoms with Gasteiger partial charge in [-0.2, -0.15) is 0 Å². The molecule has 0 saturated heterocycles. The summed E-state index contributed by atoms with van der Waals surface area (Å²) in [5.41, 5.74) is 3.90. The molecule has 0 aliphatic rings. The summed E-state index contributed by atoms with van der Waals surface area (Å²) in [4.78, 5) is 16.5. The Morgan fingerprint density at radius 1 is 1.04 bits per heavy atom. The van der Waals surface area contributed by atoms with Gasteiger partial charge in [0.1, 0.15) is 11.6 Å². The van der Waals surface area contributed by atoms with Gasteiger partial charge in [0.15, 0.2) is 0 Å². The van der Waals surface area contributed by atoms with E-state index < -0.39 is 11.7 Å². The van der Waals surface area contributed by atoms with Crippen LogP contribution in [0.1, 0.15) is 41.3 Å². The van der Waals surface area contributed by atoms with Gasteiger partial charge in [-0.25, -0.2) is 9.37 Å². The first-order valence-corrected chi connectivity index (χ1v) is 8.84. The molecular weight excluding hydrogens is 341 g/mol. The number of pyridine rings is 1. The van der Waals surface area contributed by atoms with Gasteiger partial charge in [0, 0.05) is 5.69 Å². The average molecular weight is 363 g/mol. The summed E-state index contributed by atoms with van der Waals surface area (Å²) in [6, 6.07) is 15.6. The van der Waals surface area contributed by atoms with E-state index in [4.69, 9.17) is 0 Å². The zero-order chi connectivity index (χ0) is 19.4. The number of anilines is 3. The number of nitrogens with one attached hydrogen (secondary N) is 2. The lowest BCUT2D eigenvalue weighted by Crippen LogP contribution is -2.13. The smallest absolute Gasteiger partial charge is 0.258 e. The Hall–Kier alpha value is -3.21. The van der Waals surface area contributed by atoms with E-state index in [0.717, 1.165) is 11.3 Å². The summed E-state index contributed by atoms with van der Waals surface area (Å²) in [6.45, 7) is 6.35. The molecule has 0 aliphatic carbocycles. The van der Waals surface area contributed by atoms with Gasteiger partial charge in [-0.05, 0) is 48.2 Å². The fourth-order valence-corrected chi connectivity index (χ4v) is 2.86. The lowest BCUT2D eigenvalue weighted by Gasteiger charge is -2.17. The third kappa shape index (κ3) is 4.31. The number of nitrogens with zero attached hydrogens (tertiary/aromatic N) is 1. The lowest BCUT2D eigenvalue weighted by atomic mass is 9.98. The Morgan fingerprint density at radius 3 is 2.48 bits per heavy atom. The number of para-hydroxylation sites is 1. The number of carbonyl (C=O) groups excluding carboxylic acids is 1. The van der Waals surface area contributed by atoms with Gasteiger partial charge in [-0.3, -0.25) is 4.79 Å². The second-order valence-electron chi connectivity index (χ2n) is 6.68. The number of amides is 1. The molecule has 27 heavy (non-hydrogen) atoms. The minimum Gasteiger partial charge on any atom is -0.340 e. The van der Waals surface area contributed by atoms with Crippen LogP contribution >= 0.6 is 0 Å². The Bertz CT molecular complexity index is 952. The van der Waals surface area contributed by atoms with Crippen molar-refractivity contribution in [3.05, 3.63) is 83.3 Å². The molecule has 0 saturated carbocycles. The van der Waals surface area contributed by atoms with E-state index in [0.29, 0.717) is 17.4 Å². The zero-order valence-corrected chi connectivity index (χ0v) is 15.6. The molecule has 0 spiro atoms. The third-order valence-corrected chi connectivity index (χ3v) is 4.32. The maximum atomic E-state index is 13.7. The van der Waals surface area contributed by atoms with Gasteiger partial charge in [0.05, 0.1) is 17.4 Å². The fraction of sp³-hybridized carbons (Fsp3) is 0.182. The maximum absolute atomic E-state index is 13.7. The molecule has 0 radical (unpaired) electrons. The van der Waals surface area contributed by atoms with Crippen LogP contribution in [-0.2, 0) is 0 Å². The summed E-state index contributed by atoms with van der Waals surface area (Å²) in [5.74, 6) is 0.000409. The van der Waals surface area contributed by atoms with Crippen LogP contribution in [0, 0.1) is 12.7 Å². The van der Waals surface area contributed by atoms with E-state index in [9.17, 15) is 9.18 Å². The van der Waals surface area contributed by atoms with Crippen molar-refractivity contribution in [2.24, 2.45) is 0 Å².